The Balaban J connectivity index is 1.94. The van der Waals surface area contributed by atoms with Crippen LogP contribution >= 0.6 is 0 Å². The van der Waals surface area contributed by atoms with Gasteiger partial charge in [-0.1, -0.05) is 54.6 Å². The minimum atomic E-state index is -0.345. The summed E-state index contributed by atoms with van der Waals surface area (Å²) in [7, 11) is 0. The Morgan fingerprint density at radius 2 is 1.80 bits per heavy atom. The molecular formula is C21H17N3O. The minimum Gasteiger partial charge on any atom is -0.369 e. The smallest absolute Gasteiger partial charge is 0.221 e. The fraction of sp³-hybridized carbons (Fsp3) is 0.0476. The summed E-state index contributed by atoms with van der Waals surface area (Å²) in [5.41, 5.74) is 13.4. The molecule has 3 N–H and O–H groups in total. The predicted molar refractivity (Wildman–Crippen MR) is 103 cm³/mol. The van der Waals surface area contributed by atoms with Crippen molar-refractivity contribution in [2.75, 3.05) is 5.43 Å². The fourth-order valence-electron chi connectivity index (χ4n) is 3.22. The summed E-state index contributed by atoms with van der Waals surface area (Å²) in [5, 5.41) is 6.44. The highest BCUT2D eigenvalue weighted by Gasteiger charge is 2.14. The molecule has 122 valence electrons. The normalized spacial score (nSPS) is 12.9. The molecule has 3 aromatic rings. The molecule has 0 aromatic heterocycles. The van der Waals surface area contributed by atoms with Crippen molar-refractivity contribution in [2.45, 2.75) is 6.42 Å². The number of nitrogens with one attached hydrogen (secondary N) is 1. The van der Waals surface area contributed by atoms with E-state index in [1.165, 1.54) is 0 Å². The molecule has 1 aliphatic heterocycles. The van der Waals surface area contributed by atoms with E-state index in [0.29, 0.717) is 0 Å². The van der Waals surface area contributed by atoms with Gasteiger partial charge in [0.15, 0.2) is 0 Å². The SMILES string of the molecule is NC(=O)Cc1c(C2=Cc3ccccc3NN=C2)ccc2ccccc12. The molecule has 1 amide bonds. The van der Waals surface area contributed by atoms with Gasteiger partial charge in [0.25, 0.3) is 0 Å². The number of hydrazone groups is 1. The van der Waals surface area contributed by atoms with E-state index in [0.717, 1.165) is 38.7 Å². The maximum atomic E-state index is 11.7. The molecule has 0 spiro atoms. The number of fused-ring (bicyclic) bond motifs is 2. The highest BCUT2D eigenvalue weighted by atomic mass is 16.1. The molecule has 3 aromatic carbocycles. The van der Waals surface area contributed by atoms with Crippen LogP contribution in [0.5, 0.6) is 0 Å². The van der Waals surface area contributed by atoms with Gasteiger partial charge in [0.2, 0.25) is 5.91 Å². The number of benzene rings is 3. The fourth-order valence-corrected chi connectivity index (χ4v) is 3.22. The molecule has 4 nitrogen and oxygen atoms in total. The monoisotopic (exact) mass is 327 g/mol. The van der Waals surface area contributed by atoms with Crippen LogP contribution in [0, 0.1) is 0 Å². The Morgan fingerprint density at radius 1 is 1.00 bits per heavy atom. The van der Waals surface area contributed by atoms with Crippen molar-refractivity contribution < 1.29 is 4.79 Å². The number of hydrogen-bond acceptors (Lipinski definition) is 3. The first kappa shape index (κ1) is 15.1. The van der Waals surface area contributed by atoms with Crippen molar-refractivity contribution in [3.63, 3.8) is 0 Å². The molecule has 0 fully saturated rings. The number of allylic oxidation sites excluding steroid dienone is 1. The van der Waals surface area contributed by atoms with Crippen molar-refractivity contribution in [3.05, 3.63) is 77.4 Å². The summed E-state index contributed by atoms with van der Waals surface area (Å²) in [6.07, 6.45) is 4.05. The number of hydrogen-bond donors (Lipinski definition) is 2. The first-order chi connectivity index (χ1) is 12.2. The third-order valence-corrected chi connectivity index (χ3v) is 4.36. The molecule has 4 heteroatoms. The Kier molecular flexibility index (Phi) is 3.78. The first-order valence-corrected chi connectivity index (χ1v) is 8.11. The van der Waals surface area contributed by atoms with Gasteiger partial charge in [-0.25, -0.2) is 0 Å². The summed E-state index contributed by atoms with van der Waals surface area (Å²) in [6.45, 7) is 0. The lowest BCUT2D eigenvalue weighted by Gasteiger charge is -2.12. The second kappa shape index (κ2) is 6.24. The van der Waals surface area contributed by atoms with Crippen LogP contribution in [0.1, 0.15) is 16.7 Å². The van der Waals surface area contributed by atoms with E-state index in [1.54, 1.807) is 6.21 Å². The van der Waals surface area contributed by atoms with Crippen LogP contribution in [0.3, 0.4) is 0 Å². The number of amides is 1. The maximum absolute atomic E-state index is 11.7. The number of rotatable bonds is 3. The molecule has 0 radical (unpaired) electrons. The number of carbonyl (C=O) groups is 1. The predicted octanol–water partition coefficient (Wildman–Crippen LogP) is 3.82. The van der Waals surface area contributed by atoms with Gasteiger partial charge >= 0.3 is 0 Å². The largest absolute Gasteiger partial charge is 0.369 e. The zero-order valence-electron chi connectivity index (χ0n) is 13.6. The van der Waals surface area contributed by atoms with Crippen molar-refractivity contribution in [1.29, 1.82) is 0 Å². The summed E-state index contributed by atoms with van der Waals surface area (Å²) in [6, 6.07) is 20.1. The summed E-state index contributed by atoms with van der Waals surface area (Å²) < 4.78 is 0. The van der Waals surface area contributed by atoms with Gasteiger partial charge in [-0.3, -0.25) is 10.2 Å². The first-order valence-electron chi connectivity index (χ1n) is 8.11. The zero-order valence-corrected chi connectivity index (χ0v) is 13.6. The molecular weight excluding hydrogens is 310 g/mol. The molecule has 0 unspecified atom stereocenters. The van der Waals surface area contributed by atoms with Crippen LogP contribution in [0.4, 0.5) is 5.69 Å². The second-order valence-electron chi connectivity index (χ2n) is 6.01. The van der Waals surface area contributed by atoms with Gasteiger partial charge in [0.1, 0.15) is 0 Å². The maximum Gasteiger partial charge on any atom is 0.221 e. The topological polar surface area (TPSA) is 67.5 Å². The van der Waals surface area contributed by atoms with Gasteiger partial charge in [-0.05, 0) is 34.0 Å². The summed E-state index contributed by atoms with van der Waals surface area (Å²) in [4.78, 5) is 11.7. The Hall–Kier alpha value is -3.40. The van der Waals surface area contributed by atoms with Crippen LogP contribution < -0.4 is 11.2 Å². The number of carbonyl (C=O) groups excluding carboxylic acids is 1. The zero-order chi connectivity index (χ0) is 17.2. The molecule has 0 saturated carbocycles. The van der Waals surface area contributed by atoms with Crippen LogP contribution in [0.15, 0.2) is 65.8 Å². The van der Waals surface area contributed by atoms with Gasteiger partial charge < -0.3 is 5.73 Å². The van der Waals surface area contributed by atoms with Crippen molar-refractivity contribution in [3.8, 4) is 0 Å². The number of para-hydroxylation sites is 1. The Bertz CT molecular complexity index is 1030. The molecule has 4 rings (SSSR count). The third kappa shape index (κ3) is 2.90. The average molecular weight is 327 g/mol. The summed E-state index contributed by atoms with van der Waals surface area (Å²) in [5.74, 6) is -0.345. The van der Waals surface area contributed by atoms with Crippen LogP contribution in [0.2, 0.25) is 0 Å². The van der Waals surface area contributed by atoms with E-state index < -0.39 is 0 Å². The quantitative estimate of drug-likeness (QED) is 0.768. The van der Waals surface area contributed by atoms with Gasteiger partial charge in [-0.2, -0.15) is 5.10 Å². The van der Waals surface area contributed by atoms with E-state index in [2.05, 4.69) is 22.7 Å². The average Bonchev–Trinajstić information content (AvgIpc) is 2.84. The van der Waals surface area contributed by atoms with E-state index >= 15 is 0 Å². The molecule has 0 saturated heterocycles. The van der Waals surface area contributed by atoms with Gasteiger partial charge in [-0.15, -0.1) is 0 Å². The van der Waals surface area contributed by atoms with Gasteiger partial charge in [0, 0.05) is 11.1 Å². The van der Waals surface area contributed by atoms with E-state index in [1.807, 2.05) is 54.6 Å². The molecule has 0 bridgehead atoms. The number of nitrogens with zero attached hydrogens (tertiary/aromatic N) is 1. The standard InChI is InChI=1S/C21H17N3O/c22-21(25)12-19-17-7-3-1-5-14(17)9-10-18(19)16-11-15-6-2-4-8-20(15)24-23-13-16/h1-11,13,24H,12H2,(H2,22,25). The number of nitrogens with two attached hydrogens (primary N) is 1. The molecule has 1 aliphatic rings. The highest BCUT2D eigenvalue weighted by Crippen LogP contribution is 2.31. The molecule has 1 heterocycles. The van der Waals surface area contributed by atoms with E-state index in [-0.39, 0.29) is 12.3 Å². The molecule has 0 atom stereocenters. The van der Waals surface area contributed by atoms with Crippen LogP contribution in [0.25, 0.3) is 22.4 Å². The molecule has 25 heavy (non-hydrogen) atoms. The van der Waals surface area contributed by atoms with Crippen molar-refractivity contribution in [2.24, 2.45) is 10.8 Å². The highest BCUT2D eigenvalue weighted by molar-refractivity contribution is 6.19. The molecule has 0 aliphatic carbocycles. The van der Waals surface area contributed by atoms with E-state index in [9.17, 15) is 4.79 Å². The Morgan fingerprint density at radius 3 is 2.68 bits per heavy atom. The number of primary amides is 1. The Labute approximate surface area is 145 Å². The van der Waals surface area contributed by atoms with Crippen LogP contribution in [-0.4, -0.2) is 12.1 Å². The van der Waals surface area contributed by atoms with E-state index in [4.69, 9.17) is 5.73 Å². The minimum absolute atomic E-state index is 0.191. The lowest BCUT2D eigenvalue weighted by molar-refractivity contribution is -0.117. The van der Waals surface area contributed by atoms with Crippen molar-refractivity contribution >= 4 is 40.2 Å². The second-order valence-corrected chi connectivity index (χ2v) is 6.01. The van der Waals surface area contributed by atoms with Gasteiger partial charge in [0.05, 0.1) is 18.3 Å². The van der Waals surface area contributed by atoms with Crippen LogP contribution in [-0.2, 0) is 11.2 Å². The lowest BCUT2D eigenvalue weighted by atomic mass is 9.91. The third-order valence-electron chi connectivity index (χ3n) is 4.36. The number of anilines is 1. The van der Waals surface area contributed by atoms with Crippen molar-refractivity contribution in [1.82, 2.24) is 0 Å². The summed E-state index contributed by atoms with van der Waals surface area (Å²) >= 11 is 0. The lowest BCUT2D eigenvalue weighted by Crippen LogP contribution is -2.15.